The molecule has 0 radical (unpaired) electrons. The van der Waals surface area contributed by atoms with Gasteiger partial charge in [0.2, 0.25) is 44.7 Å². The van der Waals surface area contributed by atoms with Crippen molar-refractivity contribution >= 4 is 58.5 Å². The minimum absolute atomic E-state index is 0.0232. The number of hydrogen-bond acceptors (Lipinski definition) is 8. The predicted octanol–water partition coefficient (Wildman–Crippen LogP) is 1.44. The number of piperazine rings is 1. The number of Topliss-reactive ketones (excluding diaryl/α,β-unsaturated/α-hetero) is 4. The highest BCUT2D eigenvalue weighted by atomic mass is 32.2. The van der Waals surface area contributed by atoms with Crippen molar-refractivity contribution in [3.63, 3.8) is 0 Å². The van der Waals surface area contributed by atoms with Crippen LogP contribution in [-0.4, -0.2) is 78.1 Å². The van der Waals surface area contributed by atoms with Gasteiger partial charge in [0.25, 0.3) is 0 Å². The van der Waals surface area contributed by atoms with Gasteiger partial charge in [0.15, 0.2) is 0 Å². The van der Waals surface area contributed by atoms with Crippen LogP contribution in [0.25, 0.3) is 0 Å². The average molecular weight is 491 g/mol. The molecule has 0 N–H and O–H groups in total. The molecule has 2 aliphatic carbocycles. The Morgan fingerprint density at radius 1 is 0.559 bits per heavy atom. The molecule has 7 rings (SSSR count). The van der Waals surface area contributed by atoms with Gasteiger partial charge < -0.3 is 0 Å². The maximum atomic E-state index is 13.8. The summed E-state index contributed by atoms with van der Waals surface area (Å²) in [5.41, 5.74) is 0.934. The van der Waals surface area contributed by atoms with Gasteiger partial charge in [-0.05, 0) is 0 Å². The zero-order valence-electron chi connectivity index (χ0n) is 17.3. The van der Waals surface area contributed by atoms with Crippen LogP contribution in [0.15, 0.2) is 48.5 Å². The fraction of sp³-hybridized carbons (Fsp3) is 0.250. The Labute approximate surface area is 201 Å². The molecule has 2 spiro atoms. The van der Waals surface area contributed by atoms with E-state index in [9.17, 15) is 28.8 Å². The van der Waals surface area contributed by atoms with E-state index in [4.69, 9.17) is 0 Å². The zero-order chi connectivity index (χ0) is 23.6. The van der Waals surface area contributed by atoms with Gasteiger partial charge in [-0.1, -0.05) is 48.5 Å². The third-order valence-electron chi connectivity index (χ3n) is 7.31. The Morgan fingerprint density at radius 2 is 0.853 bits per heavy atom. The Hall–Kier alpha value is -3.24. The van der Waals surface area contributed by atoms with Crippen LogP contribution in [0.5, 0.6) is 0 Å². The second kappa shape index (κ2) is 6.25. The molecule has 34 heavy (non-hydrogen) atoms. The number of ketones is 4. The van der Waals surface area contributed by atoms with E-state index in [1.807, 2.05) is 0 Å². The molecule has 2 unspecified atom stereocenters. The van der Waals surface area contributed by atoms with Gasteiger partial charge in [-0.3, -0.25) is 38.6 Å². The molecular weight excluding hydrogens is 476 g/mol. The van der Waals surface area contributed by atoms with E-state index in [1.165, 1.54) is 0 Å². The fourth-order valence-corrected chi connectivity index (χ4v) is 8.88. The van der Waals surface area contributed by atoms with E-state index >= 15 is 0 Å². The van der Waals surface area contributed by atoms with E-state index < -0.39 is 56.8 Å². The number of rotatable bonds is 0. The third-order valence-corrected chi connectivity index (χ3v) is 10.2. The molecule has 2 amide bonds. The quantitative estimate of drug-likeness (QED) is 0.511. The SMILES string of the molecule is O=C1C2CSC3(C(=O)c4ccccc4C3=O)N2C(=O)C2CSC3(C(=O)c4ccccc4C3=O)N12. The number of amides is 2. The summed E-state index contributed by atoms with van der Waals surface area (Å²) in [6.07, 6.45) is 0. The molecule has 0 saturated carbocycles. The fourth-order valence-electron chi connectivity index (χ4n) is 5.82. The van der Waals surface area contributed by atoms with E-state index in [1.54, 1.807) is 48.5 Å². The van der Waals surface area contributed by atoms with Crippen LogP contribution < -0.4 is 0 Å². The standard InChI is InChI=1S/C24H14N2O6S2/c27-17-11-5-1-2-6-12(11)18(28)23(17)25-15(9-33-23)22(32)26-16(21(25)31)10-34-24(26)19(29)13-7-3-4-8-14(13)20(24)30/h1-8,15-16H,9-10H2. The lowest BCUT2D eigenvalue weighted by atomic mass is 9.97. The van der Waals surface area contributed by atoms with Crippen LogP contribution in [0.3, 0.4) is 0 Å². The minimum atomic E-state index is -1.82. The first-order valence-corrected chi connectivity index (χ1v) is 12.6. The summed E-state index contributed by atoms with van der Waals surface area (Å²) in [6.45, 7) is 0. The summed E-state index contributed by atoms with van der Waals surface area (Å²) in [6, 6.07) is 10.6. The average Bonchev–Trinajstić information content (AvgIpc) is 3.56. The van der Waals surface area contributed by atoms with Crippen LogP contribution in [-0.2, 0) is 9.59 Å². The Bertz CT molecular complexity index is 1260. The first-order chi connectivity index (χ1) is 16.4. The summed E-state index contributed by atoms with van der Waals surface area (Å²) >= 11 is 1.96. The van der Waals surface area contributed by atoms with Crippen molar-refractivity contribution in [1.82, 2.24) is 9.80 Å². The molecule has 5 aliphatic rings. The van der Waals surface area contributed by atoms with Crippen molar-refractivity contribution in [3.05, 3.63) is 70.8 Å². The van der Waals surface area contributed by atoms with Crippen LogP contribution in [0.1, 0.15) is 41.4 Å². The molecule has 168 valence electrons. The summed E-state index contributed by atoms with van der Waals surface area (Å²) in [5, 5.41) is 0. The van der Waals surface area contributed by atoms with Crippen LogP contribution in [0.2, 0.25) is 0 Å². The molecule has 2 aromatic rings. The minimum Gasteiger partial charge on any atom is -0.299 e. The first-order valence-electron chi connectivity index (χ1n) is 10.7. The second-order valence-electron chi connectivity index (χ2n) is 8.77. The first kappa shape index (κ1) is 20.2. The summed E-state index contributed by atoms with van der Waals surface area (Å²) < 4.78 is 0. The van der Waals surface area contributed by atoms with Crippen molar-refractivity contribution in [2.45, 2.75) is 21.8 Å². The topological polar surface area (TPSA) is 109 Å². The molecule has 0 aromatic heterocycles. The number of nitrogens with zero attached hydrogens (tertiary/aromatic N) is 2. The van der Waals surface area contributed by atoms with E-state index in [0.717, 1.165) is 33.3 Å². The summed E-state index contributed by atoms with van der Waals surface area (Å²) in [4.78, 5) is 80.2. The van der Waals surface area contributed by atoms with E-state index in [-0.39, 0.29) is 33.8 Å². The molecule has 10 heteroatoms. The van der Waals surface area contributed by atoms with Gasteiger partial charge in [-0.15, -0.1) is 23.5 Å². The van der Waals surface area contributed by atoms with Crippen molar-refractivity contribution in [2.24, 2.45) is 0 Å². The zero-order valence-corrected chi connectivity index (χ0v) is 19.0. The van der Waals surface area contributed by atoms with Gasteiger partial charge in [-0.25, -0.2) is 0 Å². The maximum Gasteiger partial charge on any atom is 0.248 e. The molecule has 0 bridgehead atoms. The highest BCUT2D eigenvalue weighted by Crippen LogP contribution is 2.55. The van der Waals surface area contributed by atoms with Crippen molar-refractivity contribution in [2.75, 3.05) is 11.5 Å². The van der Waals surface area contributed by atoms with Gasteiger partial charge in [-0.2, -0.15) is 0 Å². The van der Waals surface area contributed by atoms with E-state index in [2.05, 4.69) is 0 Å². The highest BCUT2D eigenvalue weighted by molar-refractivity contribution is 8.03. The molecule has 3 saturated heterocycles. The molecule has 2 atom stereocenters. The smallest absolute Gasteiger partial charge is 0.248 e. The van der Waals surface area contributed by atoms with Crippen LogP contribution >= 0.6 is 23.5 Å². The number of carbonyl (C=O) groups excluding carboxylic acids is 6. The third kappa shape index (κ3) is 1.94. The summed E-state index contributed by atoms with van der Waals surface area (Å²) in [5.74, 6) is -3.13. The number of fused-ring (bicyclic) bond motifs is 6. The van der Waals surface area contributed by atoms with E-state index in [0.29, 0.717) is 0 Å². The number of hydrogen-bond donors (Lipinski definition) is 0. The normalized spacial score (nSPS) is 27.6. The Balaban J connectivity index is 1.34. The van der Waals surface area contributed by atoms with Crippen molar-refractivity contribution < 1.29 is 28.8 Å². The summed E-state index contributed by atoms with van der Waals surface area (Å²) in [7, 11) is 0. The lowest BCUT2D eigenvalue weighted by Gasteiger charge is -2.45. The monoisotopic (exact) mass is 490 g/mol. The predicted molar refractivity (Wildman–Crippen MR) is 122 cm³/mol. The highest BCUT2D eigenvalue weighted by Gasteiger charge is 2.73. The Kier molecular flexibility index (Phi) is 3.71. The molecule has 2 aromatic carbocycles. The second-order valence-corrected chi connectivity index (χ2v) is 11.2. The van der Waals surface area contributed by atoms with Gasteiger partial charge in [0.1, 0.15) is 12.1 Å². The maximum absolute atomic E-state index is 13.8. The largest absolute Gasteiger partial charge is 0.299 e. The number of carbonyl (C=O) groups is 6. The Morgan fingerprint density at radius 3 is 1.15 bits per heavy atom. The molecular formula is C24H14N2O6S2. The van der Waals surface area contributed by atoms with Gasteiger partial charge in [0.05, 0.1) is 0 Å². The molecule has 3 aliphatic heterocycles. The molecule has 3 fully saturated rings. The molecule has 8 nitrogen and oxygen atoms in total. The number of benzene rings is 2. The molecule has 3 heterocycles. The number of thioether (sulfide) groups is 2. The van der Waals surface area contributed by atoms with Crippen molar-refractivity contribution in [1.29, 1.82) is 0 Å². The van der Waals surface area contributed by atoms with Crippen LogP contribution in [0.4, 0.5) is 0 Å². The van der Waals surface area contributed by atoms with Crippen molar-refractivity contribution in [3.8, 4) is 0 Å². The van der Waals surface area contributed by atoms with Gasteiger partial charge >= 0.3 is 0 Å². The van der Waals surface area contributed by atoms with Gasteiger partial charge in [0, 0.05) is 33.8 Å². The van der Waals surface area contributed by atoms with Crippen LogP contribution in [0, 0.1) is 0 Å². The lowest BCUT2D eigenvalue weighted by Crippen LogP contribution is -2.72. The lowest BCUT2D eigenvalue weighted by molar-refractivity contribution is -0.160.